The summed E-state index contributed by atoms with van der Waals surface area (Å²) >= 11 is 0. The molecule has 0 heterocycles. The summed E-state index contributed by atoms with van der Waals surface area (Å²) in [6, 6.07) is 3.39. The Hall–Kier alpha value is -2.58. The van der Waals surface area contributed by atoms with E-state index in [-0.39, 0.29) is 18.2 Å². The molecule has 1 aliphatic carbocycles. The van der Waals surface area contributed by atoms with Crippen LogP contribution in [0.2, 0.25) is 0 Å². The smallest absolute Gasteiger partial charge is 0.416 e. The third kappa shape index (κ3) is 4.46. The van der Waals surface area contributed by atoms with E-state index in [4.69, 9.17) is 5.11 Å². The van der Waals surface area contributed by atoms with Crippen LogP contribution in [0, 0.1) is 5.92 Å². The van der Waals surface area contributed by atoms with E-state index in [2.05, 4.69) is 10.6 Å². The van der Waals surface area contributed by atoms with Gasteiger partial charge in [-0.25, -0.2) is 0 Å². The molecule has 0 bridgehead atoms. The minimum atomic E-state index is -4.48. The molecule has 0 unspecified atom stereocenters. The van der Waals surface area contributed by atoms with Crippen molar-refractivity contribution in [2.45, 2.75) is 25.1 Å². The highest BCUT2D eigenvalue weighted by molar-refractivity contribution is 5.96. The number of carbonyl (C=O) groups is 3. The van der Waals surface area contributed by atoms with Gasteiger partial charge in [0.05, 0.1) is 18.0 Å². The molecule has 1 saturated carbocycles. The highest BCUT2D eigenvalue weighted by Crippen LogP contribution is 2.29. The van der Waals surface area contributed by atoms with Crippen molar-refractivity contribution in [3.05, 3.63) is 35.4 Å². The van der Waals surface area contributed by atoms with Crippen LogP contribution in [-0.4, -0.2) is 35.5 Å². The van der Waals surface area contributed by atoms with Gasteiger partial charge in [0, 0.05) is 11.6 Å². The normalized spacial score (nSPS) is 20.0. The molecule has 0 atom stereocenters. The number of hydrogen-bond acceptors (Lipinski definition) is 3. The molecule has 1 aromatic rings. The van der Waals surface area contributed by atoms with Gasteiger partial charge in [0.1, 0.15) is 0 Å². The third-order valence-corrected chi connectivity index (χ3v) is 3.74. The first-order valence-corrected chi connectivity index (χ1v) is 7.14. The zero-order chi connectivity index (χ0) is 17.9. The molecule has 3 N–H and O–H groups in total. The zero-order valence-electron chi connectivity index (χ0n) is 12.4. The van der Waals surface area contributed by atoms with E-state index in [1.54, 1.807) is 0 Å². The highest BCUT2D eigenvalue weighted by atomic mass is 19.4. The Labute approximate surface area is 135 Å². The lowest BCUT2D eigenvalue weighted by molar-refractivity contribution is -0.146. The summed E-state index contributed by atoms with van der Waals surface area (Å²) in [5.74, 6) is -2.52. The van der Waals surface area contributed by atoms with Gasteiger partial charge in [0.15, 0.2) is 0 Å². The van der Waals surface area contributed by atoms with Gasteiger partial charge in [-0.15, -0.1) is 0 Å². The minimum Gasteiger partial charge on any atom is -0.481 e. The van der Waals surface area contributed by atoms with Gasteiger partial charge >= 0.3 is 12.1 Å². The lowest BCUT2D eigenvalue weighted by Gasteiger charge is -2.32. The SMILES string of the molecule is O=C(CNC(=O)c1ccc(C(F)(F)F)cc1)NC1CC(C(=O)O)C1. The lowest BCUT2D eigenvalue weighted by atomic mass is 9.80. The fourth-order valence-corrected chi connectivity index (χ4v) is 2.29. The number of aliphatic carboxylic acids is 1. The molecule has 130 valence electrons. The average Bonchev–Trinajstić information content (AvgIpc) is 2.47. The predicted molar refractivity (Wildman–Crippen MR) is 76.1 cm³/mol. The summed E-state index contributed by atoms with van der Waals surface area (Å²) < 4.78 is 37.3. The van der Waals surface area contributed by atoms with Crippen molar-refractivity contribution < 1.29 is 32.7 Å². The minimum absolute atomic E-state index is 0.00499. The van der Waals surface area contributed by atoms with E-state index in [0.29, 0.717) is 12.8 Å². The maximum absolute atomic E-state index is 12.4. The molecule has 1 aliphatic rings. The molecule has 1 fully saturated rings. The molecular formula is C15H15F3N2O4. The van der Waals surface area contributed by atoms with Gasteiger partial charge in [-0.05, 0) is 37.1 Å². The second-order valence-corrected chi connectivity index (χ2v) is 5.53. The molecule has 9 heteroatoms. The van der Waals surface area contributed by atoms with Crippen LogP contribution in [-0.2, 0) is 15.8 Å². The van der Waals surface area contributed by atoms with Crippen LogP contribution in [0.4, 0.5) is 13.2 Å². The summed E-state index contributed by atoms with van der Waals surface area (Å²) in [5.41, 5.74) is -0.861. The summed E-state index contributed by atoms with van der Waals surface area (Å²) in [6.45, 7) is -0.339. The molecule has 0 spiro atoms. The highest BCUT2D eigenvalue weighted by Gasteiger charge is 2.35. The molecule has 0 saturated heterocycles. The maximum atomic E-state index is 12.4. The number of alkyl halides is 3. The van der Waals surface area contributed by atoms with E-state index in [9.17, 15) is 27.6 Å². The van der Waals surface area contributed by atoms with E-state index < -0.39 is 35.4 Å². The largest absolute Gasteiger partial charge is 0.481 e. The van der Waals surface area contributed by atoms with Crippen LogP contribution in [0.15, 0.2) is 24.3 Å². The van der Waals surface area contributed by atoms with Gasteiger partial charge in [0.2, 0.25) is 5.91 Å². The van der Waals surface area contributed by atoms with E-state index in [0.717, 1.165) is 24.3 Å². The Balaban J connectivity index is 1.77. The Bertz CT molecular complexity index is 637. The van der Waals surface area contributed by atoms with Crippen molar-refractivity contribution >= 4 is 17.8 Å². The third-order valence-electron chi connectivity index (χ3n) is 3.74. The molecule has 1 aromatic carbocycles. The van der Waals surface area contributed by atoms with Crippen LogP contribution in [0.25, 0.3) is 0 Å². The van der Waals surface area contributed by atoms with E-state index in [1.165, 1.54) is 0 Å². The van der Waals surface area contributed by atoms with Gasteiger partial charge in [-0.2, -0.15) is 13.2 Å². The molecule has 2 rings (SSSR count). The number of benzene rings is 1. The number of carboxylic acid groups (broad SMARTS) is 1. The first-order chi connectivity index (χ1) is 11.2. The molecule has 0 aromatic heterocycles. The number of amides is 2. The van der Waals surface area contributed by atoms with Gasteiger partial charge < -0.3 is 15.7 Å². The standard InChI is InChI=1S/C15H15F3N2O4/c16-15(17,18)10-3-1-8(2-4-10)13(22)19-7-12(21)20-11-5-9(6-11)14(23)24/h1-4,9,11H,5-7H2,(H,19,22)(H,20,21)(H,23,24). The van der Waals surface area contributed by atoms with Gasteiger partial charge in [-0.3, -0.25) is 14.4 Å². The van der Waals surface area contributed by atoms with Crippen molar-refractivity contribution in [3.8, 4) is 0 Å². The lowest BCUT2D eigenvalue weighted by Crippen LogP contribution is -2.49. The quantitative estimate of drug-likeness (QED) is 0.753. The summed E-state index contributed by atoms with van der Waals surface area (Å²) in [6.07, 6.45) is -3.80. The topological polar surface area (TPSA) is 95.5 Å². The first kappa shape index (κ1) is 17.8. The molecule has 6 nitrogen and oxygen atoms in total. The van der Waals surface area contributed by atoms with Gasteiger partial charge in [0.25, 0.3) is 5.91 Å². The van der Waals surface area contributed by atoms with Crippen LogP contribution < -0.4 is 10.6 Å². The Morgan fingerprint density at radius 2 is 1.71 bits per heavy atom. The second kappa shape index (κ2) is 6.90. The molecule has 0 aliphatic heterocycles. The summed E-state index contributed by atoms with van der Waals surface area (Å²) in [5, 5.41) is 13.6. The van der Waals surface area contributed by atoms with Crippen molar-refractivity contribution in [2.24, 2.45) is 5.92 Å². The van der Waals surface area contributed by atoms with Gasteiger partial charge in [-0.1, -0.05) is 0 Å². The number of carbonyl (C=O) groups excluding carboxylic acids is 2. The molecular weight excluding hydrogens is 329 g/mol. The average molecular weight is 344 g/mol. The Kier molecular flexibility index (Phi) is 5.10. The Morgan fingerprint density at radius 3 is 2.21 bits per heavy atom. The Morgan fingerprint density at radius 1 is 1.12 bits per heavy atom. The van der Waals surface area contributed by atoms with E-state index in [1.807, 2.05) is 0 Å². The molecule has 24 heavy (non-hydrogen) atoms. The zero-order valence-corrected chi connectivity index (χ0v) is 12.4. The van der Waals surface area contributed by atoms with Crippen molar-refractivity contribution in [1.29, 1.82) is 0 Å². The fourth-order valence-electron chi connectivity index (χ4n) is 2.29. The molecule has 0 radical (unpaired) electrons. The van der Waals surface area contributed by atoms with Crippen LogP contribution in [0.1, 0.15) is 28.8 Å². The number of halogens is 3. The first-order valence-electron chi connectivity index (χ1n) is 7.14. The second-order valence-electron chi connectivity index (χ2n) is 5.53. The number of rotatable bonds is 5. The number of hydrogen-bond donors (Lipinski definition) is 3. The van der Waals surface area contributed by atoms with Crippen LogP contribution in [0.3, 0.4) is 0 Å². The van der Waals surface area contributed by atoms with E-state index >= 15 is 0 Å². The van der Waals surface area contributed by atoms with Crippen molar-refractivity contribution in [2.75, 3.05) is 6.54 Å². The number of carboxylic acids is 1. The fraction of sp³-hybridized carbons (Fsp3) is 0.400. The molecule has 2 amide bonds. The maximum Gasteiger partial charge on any atom is 0.416 e. The monoisotopic (exact) mass is 344 g/mol. The van der Waals surface area contributed by atoms with Crippen LogP contribution >= 0.6 is 0 Å². The van der Waals surface area contributed by atoms with Crippen LogP contribution in [0.5, 0.6) is 0 Å². The number of nitrogens with one attached hydrogen (secondary N) is 2. The van der Waals surface area contributed by atoms with Crippen molar-refractivity contribution in [3.63, 3.8) is 0 Å². The van der Waals surface area contributed by atoms with Crippen molar-refractivity contribution in [1.82, 2.24) is 10.6 Å². The summed E-state index contributed by atoms with van der Waals surface area (Å²) in [4.78, 5) is 34.0. The summed E-state index contributed by atoms with van der Waals surface area (Å²) in [7, 11) is 0. The predicted octanol–water partition coefficient (Wildman–Crippen LogP) is 1.41.